The van der Waals surface area contributed by atoms with Crippen LogP contribution in [0.15, 0.2) is 36.7 Å². The second kappa shape index (κ2) is 8.45. The molecule has 1 saturated heterocycles. The zero-order valence-corrected chi connectivity index (χ0v) is 18.3. The Kier molecular flexibility index (Phi) is 5.71. The smallest absolute Gasteiger partial charge is 0.257 e. The van der Waals surface area contributed by atoms with Gasteiger partial charge in [0.05, 0.1) is 17.0 Å². The van der Waals surface area contributed by atoms with Crippen molar-refractivity contribution >= 4 is 11.9 Å². The van der Waals surface area contributed by atoms with Gasteiger partial charge < -0.3 is 9.80 Å². The fourth-order valence-electron chi connectivity index (χ4n) is 4.16. The van der Waals surface area contributed by atoms with E-state index in [0.29, 0.717) is 35.7 Å². The lowest BCUT2D eigenvalue weighted by molar-refractivity contribution is 0.0705. The molecule has 0 bridgehead atoms. The summed E-state index contributed by atoms with van der Waals surface area (Å²) in [6.07, 6.45) is 5.19. The number of halogens is 1. The molecule has 1 aromatic carbocycles. The molecule has 3 heterocycles. The number of aromatic nitrogens is 4. The van der Waals surface area contributed by atoms with E-state index in [0.717, 1.165) is 24.2 Å². The Morgan fingerprint density at radius 2 is 2.00 bits per heavy atom. The lowest BCUT2D eigenvalue weighted by Gasteiger charge is -2.33. The van der Waals surface area contributed by atoms with Crippen LogP contribution in [0.2, 0.25) is 0 Å². The number of aryl methyl sites for hydroxylation is 2. The van der Waals surface area contributed by atoms with Crippen LogP contribution in [0, 0.1) is 12.7 Å². The third kappa shape index (κ3) is 4.15. The second-order valence-electron chi connectivity index (χ2n) is 8.24. The molecule has 0 radical (unpaired) electrons. The van der Waals surface area contributed by atoms with Crippen molar-refractivity contribution in [3.8, 4) is 11.1 Å². The number of carbonyl (C=O) groups is 1. The molecule has 8 heteroatoms. The van der Waals surface area contributed by atoms with Gasteiger partial charge in [-0.3, -0.25) is 9.48 Å². The van der Waals surface area contributed by atoms with Crippen LogP contribution in [0.1, 0.15) is 40.5 Å². The van der Waals surface area contributed by atoms with E-state index in [1.54, 1.807) is 29.2 Å². The summed E-state index contributed by atoms with van der Waals surface area (Å²) in [6, 6.07) is 6.67. The minimum Gasteiger partial charge on any atom is -0.347 e. The van der Waals surface area contributed by atoms with Crippen molar-refractivity contribution in [1.29, 1.82) is 0 Å². The highest BCUT2D eigenvalue weighted by Gasteiger charge is 2.30. The number of amides is 1. The Balaban J connectivity index is 1.70. The highest BCUT2D eigenvalue weighted by atomic mass is 19.1. The maximum atomic E-state index is 14.6. The fourth-order valence-corrected chi connectivity index (χ4v) is 4.16. The molecule has 1 fully saturated rings. The van der Waals surface area contributed by atoms with Gasteiger partial charge in [-0.1, -0.05) is 18.2 Å². The van der Waals surface area contributed by atoms with Crippen molar-refractivity contribution in [1.82, 2.24) is 24.6 Å². The average molecular weight is 423 g/mol. The highest BCUT2D eigenvalue weighted by molar-refractivity contribution is 5.95. The molecule has 3 aromatic rings. The number of piperidine rings is 1. The molecule has 2 aromatic heterocycles. The number of nitrogens with zero attached hydrogens (tertiary/aromatic N) is 6. The van der Waals surface area contributed by atoms with Gasteiger partial charge in [-0.25, -0.2) is 14.4 Å². The van der Waals surface area contributed by atoms with Crippen LogP contribution in [0.5, 0.6) is 0 Å². The molecule has 4 rings (SSSR count). The monoisotopic (exact) mass is 422 g/mol. The summed E-state index contributed by atoms with van der Waals surface area (Å²) in [6.45, 7) is 3.06. The average Bonchev–Trinajstić information content (AvgIpc) is 3.11. The van der Waals surface area contributed by atoms with Crippen molar-refractivity contribution in [2.24, 2.45) is 7.05 Å². The molecular formula is C23H27FN6O. The van der Waals surface area contributed by atoms with Gasteiger partial charge >= 0.3 is 0 Å². The van der Waals surface area contributed by atoms with E-state index < -0.39 is 0 Å². The standard InChI is InChI=1S/C23H27FN6O/c1-15-19(14-29(4)27-15)22(31)30-11-7-8-16(13-30)21-18(12-25-23(26-21)28(2)3)17-9-5-6-10-20(17)24/h5-6,9-10,12,14,16H,7-8,11,13H2,1-4H3/t16-/m0/s1. The van der Waals surface area contributed by atoms with Crippen molar-refractivity contribution in [2.75, 3.05) is 32.1 Å². The molecule has 0 N–H and O–H groups in total. The molecule has 1 atom stereocenters. The number of rotatable bonds is 4. The SMILES string of the molecule is Cc1nn(C)cc1C(=O)N1CCC[C@H](c2nc(N(C)C)ncc2-c2ccccc2F)C1. The maximum Gasteiger partial charge on any atom is 0.257 e. The normalized spacial score (nSPS) is 16.4. The van der Waals surface area contributed by atoms with E-state index in [1.807, 2.05) is 43.9 Å². The Morgan fingerprint density at radius 3 is 2.68 bits per heavy atom. The predicted molar refractivity (Wildman–Crippen MR) is 118 cm³/mol. The lowest BCUT2D eigenvalue weighted by atomic mass is 9.89. The van der Waals surface area contributed by atoms with Gasteiger partial charge in [0.15, 0.2) is 0 Å². The quantitative estimate of drug-likeness (QED) is 0.645. The molecule has 0 spiro atoms. The van der Waals surface area contributed by atoms with Crippen LogP contribution in [-0.2, 0) is 7.05 Å². The van der Waals surface area contributed by atoms with Gasteiger partial charge in [0.1, 0.15) is 5.82 Å². The highest BCUT2D eigenvalue weighted by Crippen LogP contribution is 2.35. The van der Waals surface area contributed by atoms with Gasteiger partial charge in [0, 0.05) is 63.7 Å². The molecule has 1 aliphatic heterocycles. The second-order valence-corrected chi connectivity index (χ2v) is 8.24. The lowest BCUT2D eigenvalue weighted by Crippen LogP contribution is -2.39. The van der Waals surface area contributed by atoms with Crippen LogP contribution in [0.3, 0.4) is 0 Å². The van der Waals surface area contributed by atoms with Crippen molar-refractivity contribution in [3.05, 3.63) is 59.4 Å². The number of benzene rings is 1. The van der Waals surface area contributed by atoms with Gasteiger partial charge in [0.2, 0.25) is 5.95 Å². The Hall–Kier alpha value is -3.29. The first-order chi connectivity index (χ1) is 14.8. The summed E-state index contributed by atoms with van der Waals surface area (Å²) in [5, 5.41) is 4.30. The molecule has 31 heavy (non-hydrogen) atoms. The summed E-state index contributed by atoms with van der Waals surface area (Å²) < 4.78 is 16.3. The van der Waals surface area contributed by atoms with Crippen molar-refractivity contribution in [2.45, 2.75) is 25.7 Å². The third-order valence-corrected chi connectivity index (χ3v) is 5.71. The summed E-state index contributed by atoms with van der Waals surface area (Å²) in [4.78, 5) is 26.1. The molecule has 162 valence electrons. The minimum absolute atomic E-state index is 0.00835. The first-order valence-corrected chi connectivity index (χ1v) is 10.4. The van der Waals surface area contributed by atoms with Crippen LogP contribution in [0.4, 0.5) is 10.3 Å². The Bertz CT molecular complexity index is 1110. The van der Waals surface area contributed by atoms with E-state index in [-0.39, 0.29) is 17.6 Å². The number of anilines is 1. The summed E-state index contributed by atoms with van der Waals surface area (Å²) >= 11 is 0. The number of hydrogen-bond donors (Lipinski definition) is 0. The van der Waals surface area contributed by atoms with Crippen LogP contribution in [0.25, 0.3) is 11.1 Å². The van der Waals surface area contributed by atoms with E-state index in [4.69, 9.17) is 4.98 Å². The summed E-state index contributed by atoms with van der Waals surface area (Å²) in [5.74, 6) is 0.233. The molecule has 0 unspecified atom stereocenters. The van der Waals surface area contributed by atoms with Crippen molar-refractivity contribution < 1.29 is 9.18 Å². The van der Waals surface area contributed by atoms with Gasteiger partial charge in [-0.05, 0) is 25.8 Å². The predicted octanol–water partition coefficient (Wildman–Crippen LogP) is 3.41. The number of likely N-dealkylation sites (tertiary alicyclic amines) is 1. The molecule has 1 amide bonds. The molecule has 0 aliphatic carbocycles. The zero-order chi connectivity index (χ0) is 22.1. The number of hydrogen-bond acceptors (Lipinski definition) is 5. The first-order valence-electron chi connectivity index (χ1n) is 10.4. The van der Waals surface area contributed by atoms with Crippen LogP contribution >= 0.6 is 0 Å². The Labute approximate surface area is 181 Å². The van der Waals surface area contributed by atoms with E-state index in [1.165, 1.54) is 6.07 Å². The zero-order valence-electron chi connectivity index (χ0n) is 18.3. The molecule has 7 nitrogen and oxygen atoms in total. The molecule has 1 aliphatic rings. The largest absolute Gasteiger partial charge is 0.347 e. The van der Waals surface area contributed by atoms with Crippen LogP contribution < -0.4 is 4.90 Å². The van der Waals surface area contributed by atoms with E-state index in [2.05, 4.69) is 10.1 Å². The maximum absolute atomic E-state index is 14.6. The first kappa shape index (κ1) is 21.0. The van der Waals surface area contributed by atoms with Gasteiger partial charge in [-0.2, -0.15) is 5.10 Å². The summed E-state index contributed by atoms with van der Waals surface area (Å²) in [5.41, 5.74) is 3.28. The third-order valence-electron chi connectivity index (χ3n) is 5.71. The molecule has 0 saturated carbocycles. The topological polar surface area (TPSA) is 67.2 Å². The Morgan fingerprint density at radius 1 is 1.23 bits per heavy atom. The fraction of sp³-hybridized carbons (Fsp3) is 0.391. The minimum atomic E-state index is -0.306. The van der Waals surface area contributed by atoms with E-state index in [9.17, 15) is 9.18 Å². The molecular weight excluding hydrogens is 395 g/mol. The van der Waals surface area contributed by atoms with E-state index >= 15 is 0 Å². The van der Waals surface area contributed by atoms with Crippen LogP contribution in [-0.4, -0.2) is 57.7 Å². The number of carbonyl (C=O) groups excluding carboxylic acids is 1. The van der Waals surface area contributed by atoms with Gasteiger partial charge in [0.25, 0.3) is 5.91 Å². The summed E-state index contributed by atoms with van der Waals surface area (Å²) in [7, 11) is 5.57. The van der Waals surface area contributed by atoms with Crippen molar-refractivity contribution in [3.63, 3.8) is 0 Å². The van der Waals surface area contributed by atoms with Gasteiger partial charge in [-0.15, -0.1) is 0 Å².